The highest BCUT2D eigenvalue weighted by molar-refractivity contribution is 6.22. The fraction of sp³-hybridized carbons (Fsp3) is 0.440. The molecule has 5 heterocycles. The number of carbonyl (C=O) groups excluding carboxylic acids is 4. The third-order valence-electron chi connectivity index (χ3n) is 14.1. The van der Waals surface area contributed by atoms with E-state index in [9.17, 15) is 14.4 Å². The summed E-state index contributed by atoms with van der Waals surface area (Å²) in [6.07, 6.45) is 10.4. The minimum Gasteiger partial charge on any atom is -0.482 e. The van der Waals surface area contributed by atoms with Gasteiger partial charge in [-0.05, 0) is 92.7 Å². The largest absolute Gasteiger partial charge is 0.482 e. The number of esters is 2. The Morgan fingerprint density at radius 1 is 0.867 bits per heavy atom. The van der Waals surface area contributed by atoms with E-state index in [2.05, 4.69) is 32.1 Å². The predicted octanol–water partition coefficient (Wildman–Crippen LogP) is 9.16. The number of ether oxygens (including phenoxy) is 6. The minimum atomic E-state index is -1.63. The minimum absolute atomic E-state index is 0.00398. The van der Waals surface area contributed by atoms with E-state index in [1.807, 2.05) is 52.8 Å². The maximum absolute atomic E-state index is 15.7. The van der Waals surface area contributed by atoms with Crippen molar-refractivity contribution in [2.75, 3.05) is 7.11 Å². The molecule has 0 amide bonds. The number of allylic oxidation sites excluding steroid dienone is 5. The number of carbonyl (C=O) groups is 4. The van der Waals surface area contributed by atoms with Crippen LogP contribution in [-0.2, 0) is 35.0 Å². The van der Waals surface area contributed by atoms with Crippen LogP contribution < -0.4 is 14.2 Å². The van der Waals surface area contributed by atoms with Gasteiger partial charge in [0.25, 0.3) is 0 Å². The zero-order chi connectivity index (χ0) is 42.4. The maximum Gasteiger partial charge on any atom is 0.333 e. The standard InChI is InChI=1S/C50H50O10/c1-24(2)13-12-19-48(8)23-27-21-33(51)56-43-34(27)41(58-48)30(17-16-25(3)4)42-37(43)44-38-35(36-39(52)28-14-10-11-15-29(28)40(36)57-44)31-22-32-47(6,7)60-49(45(31)53,50(32,38)59-42)20-18-26(5)46(54)55-9/h10-11,13-16,18,23,31-32,35H,12,17,19-22H2,1-9H3. The molecule has 10 heteroatoms. The monoisotopic (exact) mass is 810 g/mol. The van der Waals surface area contributed by atoms with Gasteiger partial charge in [0.1, 0.15) is 34.2 Å². The highest BCUT2D eigenvalue weighted by Gasteiger charge is 2.84. The summed E-state index contributed by atoms with van der Waals surface area (Å²) in [4.78, 5) is 56.9. The number of Topliss-reactive ketones (excluding diaryl/α,β-unsaturated/α-hetero) is 2. The second-order valence-electron chi connectivity index (χ2n) is 18.9. The number of fused-ring (bicyclic) bond motifs is 5. The van der Waals surface area contributed by atoms with Gasteiger partial charge in [0.2, 0.25) is 0 Å². The van der Waals surface area contributed by atoms with Gasteiger partial charge in [-0.1, -0.05) is 53.6 Å². The summed E-state index contributed by atoms with van der Waals surface area (Å²) >= 11 is 0. The van der Waals surface area contributed by atoms with Crippen LogP contribution in [0.2, 0.25) is 0 Å². The molecular formula is C50H50O10. The maximum atomic E-state index is 15.7. The van der Waals surface area contributed by atoms with Crippen LogP contribution in [-0.4, -0.2) is 53.0 Å². The quantitative estimate of drug-likeness (QED) is 0.110. The van der Waals surface area contributed by atoms with Crippen molar-refractivity contribution in [2.45, 2.75) is 116 Å². The van der Waals surface area contributed by atoms with Crippen LogP contribution in [0.15, 0.2) is 76.4 Å². The zero-order valence-electron chi connectivity index (χ0n) is 35.7. The Morgan fingerprint density at radius 3 is 2.30 bits per heavy atom. The topological polar surface area (TPSA) is 124 Å². The first-order chi connectivity index (χ1) is 28.5. The van der Waals surface area contributed by atoms with Crippen LogP contribution in [0, 0.1) is 17.8 Å². The number of hydrogen-bond acceptors (Lipinski definition) is 10. The fourth-order valence-corrected chi connectivity index (χ4v) is 11.7. The van der Waals surface area contributed by atoms with Gasteiger partial charge in [0, 0.05) is 52.0 Å². The summed E-state index contributed by atoms with van der Waals surface area (Å²) in [5.41, 5.74) is 2.73. The molecule has 1 spiro atoms. The summed E-state index contributed by atoms with van der Waals surface area (Å²) in [6, 6.07) is 7.37. The lowest BCUT2D eigenvalue weighted by Crippen LogP contribution is -2.75. The molecule has 0 aromatic heterocycles. The van der Waals surface area contributed by atoms with Crippen LogP contribution in [0.3, 0.4) is 0 Å². The van der Waals surface area contributed by atoms with Gasteiger partial charge in [0.15, 0.2) is 28.5 Å². The molecule has 11 rings (SSSR count). The van der Waals surface area contributed by atoms with Gasteiger partial charge in [-0.15, -0.1) is 0 Å². The first-order valence-electron chi connectivity index (χ1n) is 21.1. The molecule has 1 saturated heterocycles. The summed E-state index contributed by atoms with van der Waals surface area (Å²) in [7, 11) is 1.32. The Balaban J connectivity index is 1.30. The lowest BCUT2D eigenvalue weighted by atomic mass is 9.45. The van der Waals surface area contributed by atoms with Gasteiger partial charge in [-0.25, -0.2) is 4.79 Å². The van der Waals surface area contributed by atoms with E-state index < -0.39 is 52.1 Å². The predicted molar refractivity (Wildman–Crippen MR) is 223 cm³/mol. The van der Waals surface area contributed by atoms with Crippen molar-refractivity contribution in [3.63, 3.8) is 0 Å². The van der Waals surface area contributed by atoms with Crippen LogP contribution in [0.1, 0.15) is 120 Å². The van der Waals surface area contributed by atoms with Crippen LogP contribution >= 0.6 is 0 Å². The van der Waals surface area contributed by atoms with Gasteiger partial charge in [-0.2, -0.15) is 0 Å². The average molecular weight is 811 g/mol. The summed E-state index contributed by atoms with van der Waals surface area (Å²) < 4.78 is 40.7. The van der Waals surface area contributed by atoms with Gasteiger partial charge in [-0.3, -0.25) is 14.4 Å². The van der Waals surface area contributed by atoms with Crippen molar-refractivity contribution in [1.82, 2.24) is 0 Å². The Morgan fingerprint density at radius 2 is 1.58 bits per heavy atom. The van der Waals surface area contributed by atoms with E-state index in [1.165, 1.54) is 12.7 Å². The Kier molecular flexibility index (Phi) is 8.24. The molecule has 0 N–H and O–H groups in total. The van der Waals surface area contributed by atoms with E-state index in [0.717, 1.165) is 23.1 Å². The summed E-state index contributed by atoms with van der Waals surface area (Å²) in [6.45, 7) is 15.9. The Bertz CT molecular complexity index is 2600. The van der Waals surface area contributed by atoms with Gasteiger partial charge in [0.05, 0.1) is 30.3 Å². The third kappa shape index (κ3) is 4.97. The van der Waals surface area contributed by atoms with Crippen LogP contribution in [0.25, 0.3) is 17.1 Å². The Hall–Kier alpha value is -5.48. The normalized spacial score (nSPS) is 30.4. The highest BCUT2D eigenvalue weighted by atomic mass is 16.6. The molecule has 2 aromatic rings. The van der Waals surface area contributed by atoms with Crippen molar-refractivity contribution in [1.29, 1.82) is 0 Å². The van der Waals surface area contributed by atoms with Crippen LogP contribution in [0.4, 0.5) is 0 Å². The fourth-order valence-electron chi connectivity index (χ4n) is 11.7. The second-order valence-corrected chi connectivity index (χ2v) is 18.9. The zero-order valence-corrected chi connectivity index (χ0v) is 35.7. The number of rotatable bonds is 8. The number of methoxy groups -OCH3 is 1. The van der Waals surface area contributed by atoms with Crippen molar-refractivity contribution in [3.05, 3.63) is 104 Å². The molecule has 4 bridgehead atoms. The second kappa shape index (κ2) is 12.8. The number of ketones is 2. The molecule has 0 radical (unpaired) electrons. The van der Waals surface area contributed by atoms with E-state index >= 15 is 4.79 Å². The number of hydrogen-bond donors (Lipinski definition) is 0. The molecule has 4 aliphatic carbocycles. The van der Waals surface area contributed by atoms with E-state index in [1.54, 1.807) is 19.1 Å². The van der Waals surface area contributed by atoms with Gasteiger partial charge >= 0.3 is 11.9 Å². The average Bonchev–Trinajstić information content (AvgIpc) is 3.55. The molecule has 310 valence electrons. The molecule has 2 aromatic carbocycles. The lowest BCUT2D eigenvalue weighted by Gasteiger charge is -2.62. The highest BCUT2D eigenvalue weighted by Crippen LogP contribution is 2.75. The van der Waals surface area contributed by atoms with Crippen molar-refractivity contribution in [3.8, 4) is 17.2 Å². The summed E-state index contributed by atoms with van der Waals surface area (Å²) in [5.74, 6) is -1.02. The molecule has 6 unspecified atom stereocenters. The SMILES string of the molecule is COC(=O)C(C)=CCC12OC(C)(C)C3CC(C1=O)C1C4=C(OC5=C1C32Oc1c(CC=C(C)C)c2c3c(c15)OC(=O)CC3=CC(C)(CCC=C(C)C)O2)c1ccccc1C4=O. The van der Waals surface area contributed by atoms with E-state index in [4.69, 9.17) is 28.4 Å². The molecular weight excluding hydrogens is 761 g/mol. The molecule has 10 nitrogen and oxygen atoms in total. The van der Waals surface area contributed by atoms with E-state index in [0.29, 0.717) is 81.3 Å². The molecule has 4 fully saturated rings. The van der Waals surface area contributed by atoms with Crippen molar-refractivity contribution < 1.29 is 47.6 Å². The van der Waals surface area contributed by atoms with E-state index in [-0.39, 0.29) is 30.2 Å². The van der Waals surface area contributed by atoms with Gasteiger partial charge < -0.3 is 28.4 Å². The molecule has 60 heavy (non-hydrogen) atoms. The first-order valence-corrected chi connectivity index (χ1v) is 21.1. The first kappa shape index (κ1) is 38.7. The van der Waals surface area contributed by atoms with Crippen LogP contribution in [0.5, 0.6) is 17.2 Å². The molecule has 6 atom stereocenters. The third-order valence-corrected chi connectivity index (χ3v) is 14.1. The smallest absolute Gasteiger partial charge is 0.333 e. The Labute approximate surface area is 349 Å². The number of benzene rings is 2. The van der Waals surface area contributed by atoms with Crippen molar-refractivity contribution >= 4 is 40.6 Å². The van der Waals surface area contributed by atoms with Crippen molar-refractivity contribution in [2.24, 2.45) is 17.8 Å². The molecule has 3 saturated carbocycles. The molecule has 5 aliphatic heterocycles. The summed E-state index contributed by atoms with van der Waals surface area (Å²) in [5, 5.41) is 0. The molecule has 9 aliphatic rings. The lowest BCUT2D eigenvalue weighted by molar-refractivity contribution is -0.181.